The van der Waals surface area contributed by atoms with Crippen LogP contribution in [0.1, 0.15) is 245 Å². The molecule has 3 N–H and O–H groups in total. The number of unbranched alkanes of at least 4 members (excludes halogenated alkanes) is 31. The zero-order valence-corrected chi connectivity index (χ0v) is 38.2. The molecule has 0 heterocycles. The van der Waals surface area contributed by atoms with Crippen LogP contribution in [-0.2, 0) is 27.9 Å². The van der Waals surface area contributed by atoms with Gasteiger partial charge in [0, 0.05) is 19.4 Å². The fourth-order valence-corrected chi connectivity index (χ4v) is 7.78. The van der Waals surface area contributed by atoms with Crippen molar-refractivity contribution >= 4 is 19.7 Å². The highest BCUT2D eigenvalue weighted by Crippen LogP contribution is 2.42. The predicted molar refractivity (Wildman–Crippen MR) is 238 cm³/mol. The Hall–Kier alpha value is -1.25. The molecule has 0 saturated heterocycles. The lowest BCUT2D eigenvalue weighted by Crippen LogP contribution is -2.27. The normalized spacial score (nSPS) is 13.3. The Labute approximate surface area is 351 Å². The largest absolute Gasteiger partial charge is 0.472 e. The highest BCUT2D eigenvalue weighted by molar-refractivity contribution is 7.47. The van der Waals surface area contributed by atoms with Gasteiger partial charge in [-0.25, -0.2) is 4.57 Å². The van der Waals surface area contributed by atoms with E-state index < -0.39 is 26.5 Å². The van der Waals surface area contributed by atoms with E-state index in [-0.39, 0.29) is 32.1 Å². The molecule has 0 bridgehead atoms. The quantitative estimate of drug-likeness (QED) is 0.0239. The minimum absolute atomic E-state index is 0.0810. The van der Waals surface area contributed by atoms with Crippen LogP contribution in [0, 0.1) is 0 Å². The van der Waals surface area contributed by atoms with Gasteiger partial charge in [-0.2, -0.15) is 0 Å². The maximum atomic E-state index is 12.1. The van der Waals surface area contributed by atoms with Crippen molar-refractivity contribution in [1.82, 2.24) is 5.32 Å². The van der Waals surface area contributed by atoms with Gasteiger partial charge in [0.25, 0.3) is 0 Å². The van der Waals surface area contributed by atoms with Crippen LogP contribution in [0.3, 0.4) is 0 Å². The molecule has 0 rings (SSSR count). The van der Waals surface area contributed by atoms with E-state index in [0.717, 1.165) is 44.9 Å². The summed E-state index contributed by atoms with van der Waals surface area (Å²) in [6, 6.07) is 0. The Morgan fingerprint density at radius 1 is 0.526 bits per heavy atom. The summed E-state index contributed by atoms with van der Waals surface area (Å²) in [5.74, 6) is -0.513. The zero-order valence-electron chi connectivity index (χ0n) is 37.3. The van der Waals surface area contributed by atoms with Gasteiger partial charge in [0.05, 0.1) is 13.2 Å². The van der Waals surface area contributed by atoms with Gasteiger partial charge in [0.1, 0.15) is 12.7 Å². The van der Waals surface area contributed by atoms with Crippen LogP contribution in [-0.4, -0.2) is 54.3 Å². The number of nitrogens with one attached hydrogen (secondary N) is 1. The van der Waals surface area contributed by atoms with E-state index in [1.165, 1.54) is 173 Å². The molecule has 0 saturated carbocycles. The van der Waals surface area contributed by atoms with Crippen molar-refractivity contribution in [3.05, 3.63) is 12.2 Å². The van der Waals surface area contributed by atoms with Crippen LogP contribution in [0.4, 0.5) is 0 Å². The average Bonchev–Trinajstić information content (AvgIpc) is 3.20. The molecule has 0 aliphatic heterocycles. The van der Waals surface area contributed by atoms with E-state index in [1.54, 1.807) is 0 Å². The molecule has 0 radical (unpaired) electrons. The summed E-state index contributed by atoms with van der Waals surface area (Å²) in [7, 11) is -4.42. The summed E-state index contributed by atoms with van der Waals surface area (Å²) in [6.45, 7) is 3.59. The Kier molecular flexibility index (Phi) is 43.3. The molecule has 0 fully saturated rings. The van der Waals surface area contributed by atoms with E-state index in [2.05, 4.69) is 31.3 Å². The summed E-state index contributed by atoms with van der Waals surface area (Å²) in [4.78, 5) is 34.0. The molecule has 0 aromatic heterocycles. The van der Waals surface area contributed by atoms with Crippen molar-refractivity contribution in [2.24, 2.45) is 0 Å². The van der Waals surface area contributed by atoms with Gasteiger partial charge in [-0.15, -0.1) is 0 Å². The number of ether oxygens (including phenoxy) is 1. The molecule has 10 heteroatoms. The van der Waals surface area contributed by atoms with Gasteiger partial charge in [-0.05, 0) is 38.5 Å². The molecule has 9 nitrogen and oxygen atoms in total. The second-order valence-corrected chi connectivity index (χ2v) is 17.9. The summed E-state index contributed by atoms with van der Waals surface area (Å²) in [5.41, 5.74) is 0. The van der Waals surface area contributed by atoms with Crippen molar-refractivity contribution in [1.29, 1.82) is 0 Å². The minimum Gasteiger partial charge on any atom is -0.463 e. The number of esters is 1. The third-order valence-corrected chi connectivity index (χ3v) is 11.7. The molecule has 338 valence electrons. The Morgan fingerprint density at radius 3 is 1.32 bits per heavy atom. The highest BCUT2D eigenvalue weighted by Gasteiger charge is 2.23. The first-order valence-corrected chi connectivity index (χ1v) is 25.7. The molecular weight excluding hydrogens is 737 g/mol. The van der Waals surface area contributed by atoms with E-state index in [1.807, 2.05) is 0 Å². The first kappa shape index (κ1) is 55.8. The maximum absolute atomic E-state index is 12.1. The van der Waals surface area contributed by atoms with Crippen molar-refractivity contribution in [2.45, 2.75) is 251 Å². The number of hydrogen-bond donors (Lipinski definition) is 3. The van der Waals surface area contributed by atoms with Crippen molar-refractivity contribution in [3.63, 3.8) is 0 Å². The molecule has 0 spiro atoms. The van der Waals surface area contributed by atoms with Crippen LogP contribution >= 0.6 is 7.82 Å². The van der Waals surface area contributed by atoms with Gasteiger partial charge < -0.3 is 20.1 Å². The molecule has 0 aromatic rings. The number of phosphoric acid groups is 1. The van der Waals surface area contributed by atoms with Gasteiger partial charge in [0.15, 0.2) is 0 Å². The molecule has 0 aliphatic rings. The Bertz CT molecular complexity index is 948. The molecule has 57 heavy (non-hydrogen) atoms. The number of carbonyl (C=O) groups excluding carboxylic acids is 2. The number of carbonyl (C=O) groups is 2. The molecular formula is C47H92NO8P. The third-order valence-electron chi connectivity index (χ3n) is 10.7. The first-order chi connectivity index (χ1) is 27.8. The third kappa shape index (κ3) is 45.7. The monoisotopic (exact) mass is 830 g/mol. The van der Waals surface area contributed by atoms with Gasteiger partial charge in [0.2, 0.25) is 5.91 Å². The van der Waals surface area contributed by atoms with E-state index in [9.17, 15) is 24.2 Å². The lowest BCUT2D eigenvalue weighted by atomic mass is 10.0. The van der Waals surface area contributed by atoms with Gasteiger partial charge in [-0.3, -0.25) is 18.6 Å². The highest BCUT2D eigenvalue weighted by atomic mass is 31.2. The standard InChI is InChI=1S/C47H92NO8P/c1-3-5-7-9-11-13-15-17-19-21-22-23-24-26-28-30-32-34-36-38-40-47(51)54-43-45(49)44-56-57(52,53)55-42-41-48-46(50)39-37-35-33-31-29-27-25-20-18-16-14-12-10-8-6-4-2/h20,25,45,49H,3-19,21-24,26-44H2,1-2H3,(H,48,50)(H,52,53)/b25-20-. The summed E-state index contributed by atoms with van der Waals surface area (Å²) >= 11 is 0. The van der Waals surface area contributed by atoms with Crippen LogP contribution < -0.4 is 5.32 Å². The molecule has 0 aliphatic carbocycles. The number of aliphatic hydroxyl groups excluding tert-OH is 1. The Balaban J connectivity index is 3.54. The van der Waals surface area contributed by atoms with E-state index in [0.29, 0.717) is 6.42 Å². The van der Waals surface area contributed by atoms with Crippen LogP contribution in [0.15, 0.2) is 12.2 Å². The summed E-state index contributed by atoms with van der Waals surface area (Å²) in [5, 5.41) is 12.7. The minimum atomic E-state index is -4.42. The van der Waals surface area contributed by atoms with E-state index >= 15 is 0 Å². The van der Waals surface area contributed by atoms with Crippen molar-refractivity contribution in [2.75, 3.05) is 26.4 Å². The summed E-state index contributed by atoms with van der Waals surface area (Å²) < 4.78 is 26.9. The number of rotatable bonds is 46. The lowest BCUT2D eigenvalue weighted by Gasteiger charge is -2.15. The molecule has 1 amide bonds. The SMILES string of the molecule is CCCCCCCCC/C=C\CCCCCCCC(=O)NCCOP(=O)(O)OCC(O)COC(=O)CCCCCCCCCCCCCCCCCCCCCC. The first-order valence-electron chi connectivity index (χ1n) is 24.2. The smallest absolute Gasteiger partial charge is 0.463 e. The number of phosphoric ester groups is 1. The fraction of sp³-hybridized carbons (Fsp3) is 0.915. The summed E-state index contributed by atoms with van der Waals surface area (Å²) in [6.07, 6.45) is 47.2. The molecule has 2 unspecified atom stereocenters. The number of allylic oxidation sites excluding steroid dienone is 2. The molecule has 2 atom stereocenters. The number of hydrogen-bond acceptors (Lipinski definition) is 7. The van der Waals surface area contributed by atoms with E-state index in [4.69, 9.17) is 13.8 Å². The van der Waals surface area contributed by atoms with Crippen LogP contribution in [0.25, 0.3) is 0 Å². The van der Waals surface area contributed by atoms with Gasteiger partial charge in [-0.1, -0.05) is 206 Å². The van der Waals surface area contributed by atoms with Crippen molar-refractivity contribution < 1.29 is 37.9 Å². The predicted octanol–water partition coefficient (Wildman–Crippen LogP) is 13.8. The Morgan fingerprint density at radius 2 is 0.895 bits per heavy atom. The number of aliphatic hydroxyl groups is 1. The number of amides is 1. The lowest BCUT2D eigenvalue weighted by molar-refractivity contribution is -0.147. The molecule has 0 aromatic carbocycles. The average molecular weight is 830 g/mol. The van der Waals surface area contributed by atoms with Gasteiger partial charge >= 0.3 is 13.8 Å². The fourth-order valence-electron chi connectivity index (χ4n) is 7.02. The van der Waals surface area contributed by atoms with Crippen LogP contribution in [0.2, 0.25) is 0 Å². The topological polar surface area (TPSA) is 131 Å². The second kappa shape index (κ2) is 44.3. The van der Waals surface area contributed by atoms with Crippen LogP contribution in [0.5, 0.6) is 0 Å². The maximum Gasteiger partial charge on any atom is 0.472 e. The van der Waals surface area contributed by atoms with Crippen molar-refractivity contribution in [3.8, 4) is 0 Å². The second-order valence-electron chi connectivity index (χ2n) is 16.4. The zero-order chi connectivity index (χ0) is 41.8.